The van der Waals surface area contributed by atoms with Crippen molar-refractivity contribution in [2.45, 2.75) is 19.0 Å². The lowest BCUT2D eigenvalue weighted by molar-refractivity contribution is -0.380. The molecule has 0 aromatic carbocycles. The number of urea groups is 1. The van der Waals surface area contributed by atoms with Crippen LogP contribution in [0.2, 0.25) is 0 Å². The van der Waals surface area contributed by atoms with Crippen molar-refractivity contribution in [1.82, 2.24) is 10.2 Å². The highest BCUT2D eigenvalue weighted by atomic mass is 32.1. The molecule has 3 amide bonds. The zero-order valence-corrected chi connectivity index (χ0v) is 12.3. The molecule has 2 aromatic heterocycles. The van der Waals surface area contributed by atoms with Crippen LogP contribution in [-0.4, -0.2) is 21.8 Å². The molecule has 0 aliphatic carbocycles. The Morgan fingerprint density at radius 1 is 1.50 bits per heavy atom. The van der Waals surface area contributed by atoms with Crippen molar-refractivity contribution in [3.05, 3.63) is 51.3 Å². The van der Waals surface area contributed by atoms with Crippen molar-refractivity contribution in [3.8, 4) is 0 Å². The molecule has 0 radical (unpaired) electrons. The molecule has 0 spiro atoms. The van der Waals surface area contributed by atoms with E-state index in [0.717, 1.165) is 16.2 Å². The number of hydrogen-bond donors (Lipinski definition) is 1. The number of nitrogens with zero attached hydrogens (tertiary/aromatic N) is 2. The predicted molar refractivity (Wildman–Crippen MR) is 76.1 cm³/mol. The van der Waals surface area contributed by atoms with Gasteiger partial charge in [-0.05, 0) is 24.6 Å². The van der Waals surface area contributed by atoms with E-state index in [4.69, 9.17) is 4.42 Å². The van der Waals surface area contributed by atoms with Gasteiger partial charge >= 0.3 is 11.0 Å². The van der Waals surface area contributed by atoms with Crippen LogP contribution in [0.15, 0.2) is 34.3 Å². The highest BCUT2D eigenvalue weighted by molar-refractivity contribution is 7.13. The van der Waals surface area contributed by atoms with Gasteiger partial charge in [0.1, 0.15) is 5.76 Å². The fraction of sp³-hybridized carbons (Fsp3) is 0.231. The van der Waals surface area contributed by atoms with Crippen LogP contribution in [0.5, 0.6) is 0 Å². The maximum Gasteiger partial charge on any atom is 0.325 e. The fourth-order valence-electron chi connectivity index (χ4n) is 2.29. The summed E-state index contributed by atoms with van der Waals surface area (Å²) in [5.74, 6) is -0.119. The molecule has 0 saturated carbocycles. The average molecular weight is 321 g/mol. The zero-order valence-electron chi connectivity index (χ0n) is 11.4. The number of amides is 3. The lowest BCUT2D eigenvalue weighted by Gasteiger charge is -2.18. The first kappa shape index (κ1) is 14.3. The maximum absolute atomic E-state index is 12.5. The standard InChI is InChI=1S/C13H11N3O5S/c1-13(9-3-2-4-21-9)11(17)15(12(18)14-13)6-8-5-10(16(19)20)22-7-8/h2-5,7H,6H2,1H3,(H,14,18). The van der Waals surface area contributed by atoms with Crippen LogP contribution < -0.4 is 5.32 Å². The van der Waals surface area contributed by atoms with Gasteiger partial charge in [-0.1, -0.05) is 11.3 Å². The Hall–Kier alpha value is -2.68. The summed E-state index contributed by atoms with van der Waals surface area (Å²) in [6, 6.07) is 4.04. The average Bonchev–Trinajstić information content (AvgIpc) is 3.17. The van der Waals surface area contributed by atoms with Crippen LogP contribution in [-0.2, 0) is 16.9 Å². The number of carbonyl (C=O) groups excluding carboxylic acids is 2. The third-order valence-corrected chi connectivity index (χ3v) is 4.38. The molecule has 9 heteroatoms. The molecule has 3 rings (SSSR count). The van der Waals surface area contributed by atoms with E-state index >= 15 is 0 Å². The van der Waals surface area contributed by atoms with Gasteiger partial charge in [0.15, 0.2) is 5.54 Å². The Labute approximate surface area is 128 Å². The summed E-state index contributed by atoms with van der Waals surface area (Å²) in [4.78, 5) is 35.8. The van der Waals surface area contributed by atoms with Crippen LogP contribution in [0.25, 0.3) is 0 Å². The second-order valence-electron chi connectivity index (χ2n) is 4.97. The molecule has 1 fully saturated rings. The quantitative estimate of drug-likeness (QED) is 0.528. The normalized spacial score (nSPS) is 21.2. The minimum Gasteiger partial charge on any atom is -0.466 e. The van der Waals surface area contributed by atoms with Gasteiger partial charge in [-0.15, -0.1) is 0 Å². The van der Waals surface area contributed by atoms with Gasteiger partial charge < -0.3 is 9.73 Å². The first-order valence-electron chi connectivity index (χ1n) is 6.32. The molecule has 3 heterocycles. The summed E-state index contributed by atoms with van der Waals surface area (Å²) in [7, 11) is 0. The summed E-state index contributed by atoms with van der Waals surface area (Å²) in [5, 5.41) is 14.8. The van der Waals surface area contributed by atoms with E-state index in [-0.39, 0.29) is 11.5 Å². The van der Waals surface area contributed by atoms with Crippen LogP contribution in [0, 0.1) is 10.1 Å². The fourth-order valence-corrected chi connectivity index (χ4v) is 3.01. The van der Waals surface area contributed by atoms with Gasteiger partial charge in [-0.2, -0.15) is 0 Å². The third-order valence-electron chi connectivity index (χ3n) is 3.45. The summed E-state index contributed by atoms with van der Waals surface area (Å²) in [5.41, 5.74) is -0.730. The van der Waals surface area contributed by atoms with Gasteiger partial charge in [0.25, 0.3) is 5.91 Å². The molecule has 1 N–H and O–H groups in total. The van der Waals surface area contributed by atoms with E-state index in [1.165, 1.54) is 12.3 Å². The maximum atomic E-state index is 12.5. The molecule has 1 aliphatic heterocycles. The van der Waals surface area contributed by atoms with E-state index in [2.05, 4.69) is 5.32 Å². The second-order valence-corrected chi connectivity index (χ2v) is 5.86. The number of nitrogens with one attached hydrogen (secondary N) is 1. The number of nitro groups is 1. The van der Waals surface area contributed by atoms with E-state index in [0.29, 0.717) is 11.3 Å². The topological polar surface area (TPSA) is 106 Å². The Balaban J connectivity index is 1.84. The van der Waals surface area contributed by atoms with Crippen LogP contribution in [0.4, 0.5) is 9.80 Å². The SMILES string of the molecule is CC1(c2ccco2)NC(=O)N(Cc2csc([N+](=O)[O-])c2)C1=O. The number of hydrogen-bond acceptors (Lipinski definition) is 6. The van der Waals surface area contributed by atoms with Gasteiger partial charge in [0.2, 0.25) is 0 Å². The van der Waals surface area contributed by atoms with Crippen molar-refractivity contribution >= 4 is 28.3 Å². The van der Waals surface area contributed by atoms with Gasteiger partial charge in [0.05, 0.1) is 17.7 Å². The Morgan fingerprint density at radius 2 is 2.27 bits per heavy atom. The van der Waals surface area contributed by atoms with Crippen LogP contribution in [0.3, 0.4) is 0 Å². The highest BCUT2D eigenvalue weighted by Gasteiger charge is 2.50. The van der Waals surface area contributed by atoms with E-state index in [1.54, 1.807) is 24.4 Å². The lowest BCUT2D eigenvalue weighted by Crippen LogP contribution is -2.40. The third kappa shape index (κ3) is 2.15. The number of imide groups is 1. The molecule has 1 saturated heterocycles. The minimum atomic E-state index is -1.26. The summed E-state index contributed by atoms with van der Waals surface area (Å²) < 4.78 is 5.22. The van der Waals surface area contributed by atoms with E-state index in [9.17, 15) is 19.7 Å². The predicted octanol–water partition coefficient (Wildman–Crippen LogP) is 2.22. The minimum absolute atomic E-state index is 0.0225. The van der Waals surface area contributed by atoms with Crippen molar-refractivity contribution < 1.29 is 18.9 Å². The molecule has 1 unspecified atom stereocenters. The molecule has 0 bridgehead atoms. The van der Waals surface area contributed by atoms with Crippen LogP contribution >= 0.6 is 11.3 Å². The Bertz CT molecular complexity index is 754. The number of furan rings is 1. The van der Waals surface area contributed by atoms with E-state index in [1.807, 2.05) is 0 Å². The molecule has 8 nitrogen and oxygen atoms in total. The van der Waals surface area contributed by atoms with Crippen molar-refractivity contribution in [2.75, 3.05) is 0 Å². The lowest BCUT2D eigenvalue weighted by atomic mass is 9.99. The Morgan fingerprint density at radius 3 is 2.86 bits per heavy atom. The summed E-state index contributed by atoms with van der Waals surface area (Å²) in [6.07, 6.45) is 1.42. The largest absolute Gasteiger partial charge is 0.466 e. The van der Waals surface area contributed by atoms with Gasteiger partial charge in [-0.3, -0.25) is 19.8 Å². The summed E-state index contributed by atoms with van der Waals surface area (Å²) in [6.45, 7) is 1.54. The molecule has 22 heavy (non-hydrogen) atoms. The zero-order chi connectivity index (χ0) is 15.9. The first-order chi connectivity index (χ1) is 10.4. The Kier molecular flexibility index (Phi) is 3.21. The smallest absolute Gasteiger partial charge is 0.325 e. The monoisotopic (exact) mass is 321 g/mol. The van der Waals surface area contributed by atoms with Crippen LogP contribution in [0.1, 0.15) is 18.2 Å². The van der Waals surface area contributed by atoms with Crippen molar-refractivity contribution in [1.29, 1.82) is 0 Å². The molecule has 1 aliphatic rings. The van der Waals surface area contributed by atoms with Gasteiger partial charge in [0, 0.05) is 11.4 Å². The first-order valence-corrected chi connectivity index (χ1v) is 7.19. The van der Waals surface area contributed by atoms with E-state index < -0.39 is 22.4 Å². The highest BCUT2D eigenvalue weighted by Crippen LogP contribution is 2.31. The number of thiophene rings is 1. The molecule has 2 aromatic rings. The van der Waals surface area contributed by atoms with Crippen molar-refractivity contribution in [3.63, 3.8) is 0 Å². The molecular formula is C13H11N3O5S. The van der Waals surface area contributed by atoms with Crippen molar-refractivity contribution in [2.24, 2.45) is 0 Å². The molecular weight excluding hydrogens is 310 g/mol. The molecule has 1 atom stereocenters. The number of carbonyl (C=O) groups is 2. The number of rotatable bonds is 4. The second kappa shape index (κ2) is 4.95. The molecule has 114 valence electrons. The van der Waals surface area contributed by atoms with Gasteiger partial charge in [-0.25, -0.2) is 4.79 Å². The summed E-state index contributed by atoms with van der Waals surface area (Å²) >= 11 is 0.954.